The van der Waals surface area contributed by atoms with Gasteiger partial charge in [-0.15, -0.1) is 0 Å². The van der Waals surface area contributed by atoms with E-state index in [9.17, 15) is 9.50 Å². The normalized spacial score (nSPS) is 18.4. The Hall–Kier alpha value is -1.01. The van der Waals surface area contributed by atoms with Crippen LogP contribution in [-0.2, 0) is 4.74 Å². The molecule has 0 saturated carbocycles. The van der Waals surface area contributed by atoms with Crippen LogP contribution < -0.4 is 5.32 Å². The standard InChI is InChI=1S/C14H21FN2O2/c15-13-4-2-1-3-12(13)14(18)11-16-5-6-17-7-9-19-10-8-17/h1-4,14,16,18H,5-11H2. The summed E-state index contributed by atoms with van der Waals surface area (Å²) in [5.74, 6) is -0.357. The third-order valence-electron chi connectivity index (χ3n) is 3.31. The minimum Gasteiger partial charge on any atom is -0.387 e. The molecule has 0 aromatic heterocycles. The highest BCUT2D eigenvalue weighted by atomic mass is 19.1. The van der Waals surface area contributed by atoms with E-state index in [0.717, 1.165) is 39.4 Å². The summed E-state index contributed by atoms with van der Waals surface area (Å²) >= 11 is 0. The number of nitrogens with one attached hydrogen (secondary N) is 1. The summed E-state index contributed by atoms with van der Waals surface area (Å²) in [6.07, 6.45) is -0.800. The summed E-state index contributed by atoms with van der Waals surface area (Å²) in [6.45, 7) is 5.56. The molecule has 1 aliphatic heterocycles. The van der Waals surface area contributed by atoms with Crippen LogP contribution >= 0.6 is 0 Å². The van der Waals surface area contributed by atoms with E-state index in [1.165, 1.54) is 6.07 Å². The summed E-state index contributed by atoms with van der Waals surface area (Å²) in [4.78, 5) is 2.31. The molecule has 1 saturated heterocycles. The fraction of sp³-hybridized carbons (Fsp3) is 0.571. The number of rotatable bonds is 6. The summed E-state index contributed by atoms with van der Waals surface area (Å²) in [5.41, 5.74) is 0.348. The SMILES string of the molecule is OC(CNCCN1CCOCC1)c1ccccc1F. The number of benzene rings is 1. The van der Waals surface area contributed by atoms with E-state index in [4.69, 9.17) is 4.74 Å². The molecule has 19 heavy (non-hydrogen) atoms. The van der Waals surface area contributed by atoms with Crippen LogP contribution in [0.25, 0.3) is 0 Å². The van der Waals surface area contributed by atoms with Gasteiger partial charge in [-0.1, -0.05) is 18.2 Å². The van der Waals surface area contributed by atoms with Crippen molar-refractivity contribution in [1.82, 2.24) is 10.2 Å². The van der Waals surface area contributed by atoms with E-state index < -0.39 is 6.10 Å². The summed E-state index contributed by atoms with van der Waals surface area (Å²) in [6, 6.07) is 6.34. The number of aliphatic hydroxyl groups excluding tert-OH is 1. The van der Waals surface area contributed by atoms with Crippen molar-refractivity contribution >= 4 is 0 Å². The maximum Gasteiger partial charge on any atom is 0.129 e. The monoisotopic (exact) mass is 268 g/mol. The lowest BCUT2D eigenvalue weighted by atomic mass is 10.1. The highest BCUT2D eigenvalue weighted by molar-refractivity contribution is 5.19. The second-order valence-electron chi connectivity index (χ2n) is 4.70. The maximum atomic E-state index is 13.4. The van der Waals surface area contributed by atoms with Crippen LogP contribution in [-0.4, -0.2) is 55.9 Å². The van der Waals surface area contributed by atoms with Gasteiger partial charge in [-0.25, -0.2) is 4.39 Å². The molecular formula is C14H21FN2O2. The van der Waals surface area contributed by atoms with E-state index in [1.807, 2.05) is 0 Å². The predicted octanol–water partition coefficient (Wildman–Crippen LogP) is 0.781. The Bertz CT molecular complexity index is 383. The van der Waals surface area contributed by atoms with Gasteiger partial charge in [-0.2, -0.15) is 0 Å². The van der Waals surface area contributed by atoms with Gasteiger partial charge in [0, 0.05) is 38.3 Å². The van der Waals surface area contributed by atoms with Gasteiger partial charge < -0.3 is 15.2 Å². The Kier molecular flexibility index (Phi) is 5.72. The van der Waals surface area contributed by atoms with Crippen molar-refractivity contribution in [3.8, 4) is 0 Å². The largest absolute Gasteiger partial charge is 0.387 e. The molecular weight excluding hydrogens is 247 g/mol. The molecule has 1 aromatic rings. The molecule has 1 heterocycles. The molecule has 2 rings (SSSR count). The van der Waals surface area contributed by atoms with Gasteiger partial charge in [-0.3, -0.25) is 4.90 Å². The van der Waals surface area contributed by atoms with Gasteiger partial charge in [0.2, 0.25) is 0 Å². The van der Waals surface area contributed by atoms with Crippen LogP contribution in [0.5, 0.6) is 0 Å². The molecule has 0 spiro atoms. The van der Waals surface area contributed by atoms with E-state index in [0.29, 0.717) is 12.1 Å². The average Bonchev–Trinajstić information content (AvgIpc) is 2.45. The topological polar surface area (TPSA) is 44.7 Å². The number of hydrogen-bond acceptors (Lipinski definition) is 4. The van der Waals surface area contributed by atoms with E-state index in [2.05, 4.69) is 10.2 Å². The lowest BCUT2D eigenvalue weighted by Gasteiger charge is -2.26. The van der Waals surface area contributed by atoms with Crippen molar-refractivity contribution in [2.75, 3.05) is 45.9 Å². The maximum absolute atomic E-state index is 13.4. The number of halogens is 1. The van der Waals surface area contributed by atoms with Crippen LogP contribution in [0.4, 0.5) is 4.39 Å². The third-order valence-corrected chi connectivity index (χ3v) is 3.31. The highest BCUT2D eigenvalue weighted by Crippen LogP contribution is 2.15. The fourth-order valence-corrected chi connectivity index (χ4v) is 2.16. The van der Waals surface area contributed by atoms with E-state index in [-0.39, 0.29) is 5.82 Å². The minimum absolute atomic E-state index is 0.348. The quantitative estimate of drug-likeness (QED) is 0.749. The summed E-state index contributed by atoms with van der Waals surface area (Å²) in [7, 11) is 0. The van der Waals surface area contributed by atoms with Gasteiger partial charge in [0.05, 0.1) is 19.3 Å². The zero-order chi connectivity index (χ0) is 13.5. The molecule has 1 aliphatic rings. The first-order valence-electron chi connectivity index (χ1n) is 6.70. The van der Waals surface area contributed by atoms with Crippen LogP contribution in [0.3, 0.4) is 0 Å². The Morgan fingerprint density at radius 2 is 2.05 bits per heavy atom. The molecule has 1 atom stereocenters. The molecule has 106 valence electrons. The van der Waals surface area contributed by atoms with Crippen molar-refractivity contribution in [3.63, 3.8) is 0 Å². The zero-order valence-corrected chi connectivity index (χ0v) is 11.0. The van der Waals surface area contributed by atoms with Crippen molar-refractivity contribution < 1.29 is 14.2 Å². The van der Waals surface area contributed by atoms with Crippen LogP contribution in [0.15, 0.2) is 24.3 Å². The van der Waals surface area contributed by atoms with Crippen LogP contribution in [0.2, 0.25) is 0 Å². The molecule has 5 heteroatoms. The minimum atomic E-state index is -0.800. The summed E-state index contributed by atoms with van der Waals surface area (Å²) in [5, 5.41) is 13.1. The van der Waals surface area contributed by atoms with Crippen molar-refractivity contribution in [1.29, 1.82) is 0 Å². The Morgan fingerprint density at radius 3 is 2.79 bits per heavy atom. The first-order valence-corrected chi connectivity index (χ1v) is 6.70. The van der Waals surface area contributed by atoms with Gasteiger partial charge in [-0.05, 0) is 6.07 Å². The lowest BCUT2D eigenvalue weighted by molar-refractivity contribution is 0.0380. The number of hydrogen-bond donors (Lipinski definition) is 2. The third kappa shape index (κ3) is 4.54. The van der Waals surface area contributed by atoms with E-state index >= 15 is 0 Å². The van der Waals surface area contributed by atoms with Gasteiger partial charge in [0.15, 0.2) is 0 Å². The Morgan fingerprint density at radius 1 is 1.32 bits per heavy atom. The van der Waals surface area contributed by atoms with Crippen molar-refractivity contribution in [2.45, 2.75) is 6.10 Å². The molecule has 0 aliphatic carbocycles. The average molecular weight is 268 g/mol. The molecule has 1 fully saturated rings. The molecule has 0 amide bonds. The van der Waals surface area contributed by atoms with E-state index in [1.54, 1.807) is 18.2 Å². The molecule has 1 aromatic carbocycles. The number of aliphatic hydroxyl groups is 1. The molecule has 0 bridgehead atoms. The van der Waals surface area contributed by atoms with Crippen LogP contribution in [0.1, 0.15) is 11.7 Å². The zero-order valence-electron chi connectivity index (χ0n) is 11.0. The smallest absolute Gasteiger partial charge is 0.129 e. The predicted molar refractivity (Wildman–Crippen MR) is 71.5 cm³/mol. The lowest BCUT2D eigenvalue weighted by Crippen LogP contribution is -2.40. The Labute approximate surface area is 113 Å². The number of nitrogens with zero attached hydrogens (tertiary/aromatic N) is 1. The number of morpholine rings is 1. The highest BCUT2D eigenvalue weighted by Gasteiger charge is 2.12. The van der Waals surface area contributed by atoms with Gasteiger partial charge in [0.25, 0.3) is 0 Å². The van der Waals surface area contributed by atoms with Gasteiger partial charge >= 0.3 is 0 Å². The van der Waals surface area contributed by atoms with Crippen molar-refractivity contribution in [2.24, 2.45) is 0 Å². The second-order valence-corrected chi connectivity index (χ2v) is 4.70. The van der Waals surface area contributed by atoms with Gasteiger partial charge in [0.1, 0.15) is 5.82 Å². The first-order chi connectivity index (χ1) is 9.27. The Balaban J connectivity index is 1.66. The number of ether oxygens (including phenoxy) is 1. The molecule has 0 radical (unpaired) electrons. The molecule has 1 unspecified atom stereocenters. The van der Waals surface area contributed by atoms with Crippen molar-refractivity contribution in [3.05, 3.63) is 35.6 Å². The van der Waals surface area contributed by atoms with Crippen LogP contribution in [0, 0.1) is 5.82 Å². The molecule has 2 N–H and O–H groups in total. The second kappa shape index (κ2) is 7.55. The first kappa shape index (κ1) is 14.4. The molecule has 4 nitrogen and oxygen atoms in total. The fourth-order valence-electron chi connectivity index (χ4n) is 2.16. The summed E-state index contributed by atoms with van der Waals surface area (Å²) < 4.78 is 18.7.